The summed E-state index contributed by atoms with van der Waals surface area (Å²) in [5, 5.41) is 2.90. The fourth-order valence-electron chi connectivity index (χ4n) is 1.88. The van der Waals surface area contributed by atoms with Gasteiger partial charge >= 0.3 is 0 Å². The average Bonchev–Trinajstić information content (AvgIpc) is 2.25. The summed E-state index contributed by atoms with van der Waals surface area (Å²) in [5.74, 6) is 0.0710. The highest BCUT2D eigenvalue weighted by Gasteiger charge is 2.21. The summed E-state index contributed by atoms with van der Waals surface area (Å²) in [4.78, 5) is 13.7. The minimum absolute atomic E-state index is 0.0710. The monoisotopic (exact) mass is 282 g/mol. The molecule has 0 fully saturated rings. The Kier molecular flexibility index (Phi) is 3.49. The second-order valence-corrected chi connectivity index (χ2v) is 4.90. The lowest BCUT2D eigenvalue weighted by Crippen LogP contribution is -2.38. The fourth-order valence-corrected chi connectivity index (χ4v) is 2.24. The molecule has 0 atom stereocenters. The Morgan fingerprint density at radius 1 is 1.50 bits per heavy atom. The molecule has 1 N–H and O–H groups in total. The van der Waals surface area contributed by atoms with E-state index in [0.29, 0.717) is 6.54 Å². The number of carbonyl (C=O) groups is 1. The molecular formula is C12H15BrN2O. The average molecular weight is 283 g/mol. The lowest BCUT2D eigenvalue weighted by atomic mass is 10.2. The maximum Gasteiger partial charge on any atom is 0.243 e. The summed E-state index contributed by atoms with van der Waals surface area (Å²) < 4.78 is 0.990. The van der Waals surface area contributed by atoms with Crippen LogP contribution in [0.5, 0.6) is 0 Å². The maximum atomic E-state index is 11.5. The van der Waals surface area contributed by atoms with Crippen LogP contribution in [-0.2, 0) is 4.79 Å². The number of anilines is 2. The summed E-state index contributed by atoms with van der Waals surface area (Å²) in [6.45, 7) is 3.57. The molecule has 2 rings (SSSR count). The van der Waals surface area contributed by atoms with E-state index in [2.05, 4.69) is 39.1 Å². The van der Waals surface area contributed by atoms with Crippen molar-refractivity contribution in [3.63, 3.8) is 0 Å². The maximum absolute atomic E-state index is 11.5. The zero-order valence-corrected chi connectivity index (χ0v) is 10.9. The van der Waals surface area contributed by atoms with Crippen LogP contribution in [0.25, 0.3) is 0 Å². The first kappa shape index (κ1) is 11.5. The van der Waals surface area contributed by atoms with Crippen LogP contribution in [0.3, 0.4) is 0 Å². The molecule has 0 aromatic heterocycles. The number of nitrogens with one attached hydrogen (secondary N) is 1. The lowest BCUT2D eigenvalue weighted by Gasteiger charge is -2.30. The fraction of sp³-hybridized carbons (Fsp3) is 0.417. The van der Waals surface area contributed by atoms with Gasteiger partial charge in [-0.2, -0.15) is 0 Å². The van der Waals surface area contributed by atoms with Crippen LogP contribution in [-0.4, -0.2) is 19.0 Å². The third-order valence-corrected chi connectivity index (χ3v) is 3.18. The van der Waals surface area contributed by atoms with Crippen LogP contribution in [0.1, 0.15) is 19.8 Å². The summed E-state index contributed by atoms with van der Waals surface area (Å²) >= 11 is 3.41. The summed E-state index contributed by atoms with van der Waals surface area (Å²) in [5.41, 5.74) is 2.03. The zero-order chi connectivity index (χ0) is 11.5. The number of hydrogen-bond acceptors (Lipinski definition) is 2. The Hall–Kier alpha value is -1.03. The molecule has 3 nitrogen and oxygen atoms in total. The van der Waals surface area contributed by atoms with Gasteiger partial charge in [0.2, 0.25) is 5.91 Å². The molecule has 1 aliphatic heterocycles. The number of amides is 1. The molecular weight excluding hydrogens is 268 g/mol. The lowest BCUT2D eigenvalue weighted by molar-refractivity contribution is -0.115. The molecule has 1 heterocycles. The number of fused-ring (bicyclic) bond motifs is 1. The minimum atomic E-state index is 0.0710. The highest BCUT2D eigenvalue weighted by atomic mass is 79.9. The number of nitrogens with zero attached hydrogens (tertiary/aromatic N) is 1. The minimum Gasteiger partial charge on any atom is -0.361 e. The Labute approximate surface area is 104 Å². The van der Waals surface area contributed by atoms with Gasteiger partial charge in [0, 0.05) is 11.0 Å². The van der Waals surface area contributed by atoms with E-state index < -0.39 is 0 Å². The standard InChI is InChI=1S/C12H15BrN2O/c1-2-3-6-15-8-12(16)14-10-7-9(13)4-5-11(10)15/h4-5,7H,2-3,6,8H2,1H3,(H,14,16). The molecule has 0 aliphatic carbocycles. The van der Waals surface area contributed by atoms with E-state index in [1.807, 2.05) is 12.1 Å². The van der Waals surface area contributed by atoms with Gasteiger partial charge in [0.15, 0.2) is 0 Å². The number of carbonyl (C=O) groups excluding carboxylic acids is 1. The van der Waals surface area contributed by atoms with Crippen LogP contribution in [0, 0.1) is 0 Å². The largest absolute Gasteiger partial charge is 0.361 e. The number of unbranched alkanes of at least 4 members (excludes halogenated alkanes) is 1. The molecule has 0 spiro atoms. The SMILES string of the molecule is CCCCN1CC(=O)Nc2cc(Br)ccc21. The van der Waals surface area contributed by atoms with Crippen molar-refractivity contribution in [2.75, 3.05) is 23.3 Å². The molecule has 16 heavy (non-hydrogen) atoms. The summed E-state index contributed by atoms with van der Waals surface area (Å²) in [7, 11) is 0. The van der Waals surface area contributed by atoms with Crippen LogP contribution < -0.4 is 10.2 Å². The second kappa shape index (κ2) is 4.87. The third-order valence-electron chi connectivity index (χ3n) is 2.69. The number of benzene rings is 1. The zero-order valence-electron chi connectivity index (χ0n) is 9.29. The second-order valence-electron chi connectivity index (χ2n) is 3.98. The molecule has 0 bridgehead atoms. The number of rotatable bonds is 3. The van der Waals surface area contributed by atoms with Crippen molar-refractivity contribution in [1.29, 1.82) is 0 Å². The van der Waals surface area contributed by atoms with Gasteiger partial charge in [0.05, 0.1) is 17.9 Å². The molecule has 1 amide bonds. The van der Waals surface area contributed by atoms with Gasteiger partial charge in [0.1, 0.15) is 0 Å². The molecule has 0 unspecified atom stereocenters. The van der Waals surface area contributed by atoms with Crippen molar-refractivity contribution in [1.82, 2.24) is 0 Å². The van der Waals surface area contributed by atoms with Crippen molar-refractivity contribution >= 4 is 33.2 Å². The van der Waals surface area contributed by atoms with E-state index in [1.54, 1.807) is 0 Å². The molecule has 0 saturated heterocycles. The van der Waals surface area contributed by atoms with E-state index in [-0.39, 0.29) is 5.91 Å². The highest BCUT2D eigenvalue weighted by molar-refractivity contribution is 9.10. The predicted molar refractivity (Wildman–Crippen MR) is 69.9 cm³/mol. The van der Waals surface area contributed by atoms with E-state index in [4.69, 9.17) is 0 Å². The Morgan fingerprint density at radius 3 is 3.06 bits per heavy atom. The van der Waals surface area contributed by atoms with Crippen molar-refractivity contribution in [3.05, 3.63) is 22.7 Å². The predicted octanol–water partition coefficient (Wildman–Crippen LogP) is 3.01. The van der Waals surface area contributed by atoms with Crippen LogP contribution in [0.15, 0.2) is 22.7 Å². The Morgan fingerprint density at radius 2 is 2.31 bits per heavy atom. The summed E-state index contributed by atoms with van der Waals surface area (Å²) in [6, 6.07) is 6.01. The smallest absolute Gasteiger partial charge is 0.243 e. The van der Waals surface area contributed by atoms with Gasteiger partial charge in [-0.05, 0) is 24.6 Å². The van der Waals surface area contributed by atoms with Crippen molar-refractivity contribution in [2.24, 2.45) is 0 Å². The van der Waals surface area contributed by atoms with Crippen molar-refractivity contribution in [3.8, 4) is 0 Å². The van der Waals surface area contributed by atoms with Crippen molar-refractivity contribution in [2.45, 2.75) is 19.8 Å². The number of hydrogen-bond donors (Lipinski definition) is 1. The third kappa shape index (κ3) is 2.38. The first-order valence-electron chi connectivity index (χ1n) is 5.55. The van der Waals surface area contributed by atoms with Gasteiger partial charge in [-0.25, -0.2) is 0 Å². The van der Waals surface area contributed by atoms with Gasteiger partial charge in [-0.1, -0.05) is 29.3 Å². The quantitative estimate of drug-likeness (QED) is 0.924. The summed E-state index contributed by atoms with van der Waals surface area (Å²) in [6.07, 6.45) is 2.26. The Bertz CT molecular complexity index is 406. The van der Waals surface area contributed by atoms with Crippen LogP contribution >= 0.6 is 15.9 Å². The number of halogens is 1. The van der Waals surface area contributed by atoms with Crippen LogP contribution in [0.4, 0.5) is 11.4 Å². The van der Waals surface area contributed by atoms with E-state index in [1.165, 1.54) is 0 Å². The Balaban J connectivity index is 2.27. The first-order chi connectivity index (χ1) is 7.70. The molecule has 0 radical (unpaired) electrons. The van der Waals surface area contributed by atoms with Crippen LogP contribution in [0.2, 0.25) is 0 Å². The van der Waals surface area contributed by atoms with E-state index in [0.717, 1.165) is 35.2 Å². The topological polar surface area (TPSA) is 32.3 Å². The molecule has 0 saturated carbocycles. The van der Waals surface area contributed by atoms with Gasteiger partial charge < -0.3 is 10.2 Å². The van der Waals surface area contributed by atoms with Gasteiger partial charge in [0.25, 0.3) is 0 Å². The van der Waals surface area contributed by atoms with Gasteiger partial charge in [-0.15, -0.1) is 0 Å². The first-order valence-corrected chi connectivity index (χ1v) is 6.34. The van der Waals surface area contributed by atoms with E-state index >= 15 is 0 Å². The molecule has 1 aliphatic rings. The highest BCUT2D eigenvalue weighted by Crippen LogP contribution is 2.32. The van der Waals surface area contributed by atoms with Crippen molar-refractivity contribution < 1.29 is 4.79 Å². The molecule has 1 aromatic rings. The molecule has 1 aromatic carbocycles. The normalized spacial score (nSPS) is 14.6. The molecule has 86 valence electrons. The molecule has 4 heteroatoms. The van der Waals surface area contributed by atoms with Gasteiger partial charge in [-0.3, -0.25) is 4.79 Å². The van der Waals surface area contributed by atoms with E-state index in [9.17, 15) is 4.79 Å².